The zero-order valence-corrected chi connectivity index (χ0v) is 33.7. The number of hydrogen-bond acceptors (Lipinski definition) is 1. The van der Waals surface area contributed by atoms with Gasteiger partial charge < -0.3 is 4.90 Å². The second-order valence-electron chi connectivity index (χ2n) is 16.6. The molecule has 0 aliphatic heterocycles. The Kier molecular flexibility index (Phi) is 8.64. The molecule has 8 aromatic carbocycles. The molecule has 0 N–H and O–H groups in total. The lowest BCUT2D eigenvalue weighted by Gasteiger charge is -2.36. The maximum atomic E-state index is 2.54. The first-order valence-corrected chi connectivity index (χ1v) is 20.6. The third kappa shape index (κ3) is 5.60. The molecule has 0 heterocycles. The molecule has 1 atom stereocenters. The summed E-state index contributed by atoms with van der Waals surface area (Å²) < 4.78 is 0. The third-order valence-electron chi connectivity index (χ3n) is 12.9. The zero-order valence-electron chi connectivity index (χ0n) is 33.7. The first kappa shape index (κ1) is 35.7. The van der Waals surface area contributed by atoms with Crippen molar-refractivity contribution in [3.8, 4) is 33.4 Å². The van der Waals surface area contributed by atoms with E-state index in [1.807, 2.05) is 0 Å². The minimum atomic E-state index is -0.523. The molecule has 0 saturated carbocycles. The molecule has 1 unspecified atom stereocenters. The van der Waals surface area contributed by atoms with Crippen LogP contribution >= 0.6 is 0 Å². The molecule has 58 heavy (non-hydrogen) atoms. The lowest BCUT2D eigenvalue weighted by Crippen LogP contribution is -2.30. The van der Waals surface area contributed by atoms with E-state index in [0.717, 1.165) is 0 Å². The van der Waals surface area contributed by atoms with Gasteiger partial charge >= 0.3 is 0 Å². The van der Waals surface area contributed by atoms with Crippen molar-refractivity contribution in [3.05, 3.63) is 245 Å². The summed E-state index contributed by atoms with van der Waals surface area (Å²) in [7, 11) is 0. The SMILES string of the molecule is Cc1ccccc1/C=C\C(C)N(c1ccc2c(c1)-c1ccccc1C2(C)C)c1ccc2c(c1)C(c1ccccc1)(c1ccccc1)c1ccc(-c3ccccc3)cc1-2. The largest absolute Gasteiger partial charge is 0.335 e. The van der Waals surface area contributed by atoms with Gasteiger partial charge in [0.05, 0.1) is 5.41 Å². The standard InChI is InChI=1S/C57H47N/c1-39-18-14-15-19-41(39)29-28-40(2)58(46-32-35-53-51(37-46)48-26-16-17-27-52(48)56(53,3)4)47-31-33-49-50-36-43(42-20-8-5-9-21-42)30-34-54(50)57(55(49)38-47,44-22-10-6-11-23-44)45-24-12-7-13-25-45/h5-38,40H,1-4H3/b29-28-. The van der Waals surface area contributed by atoms with Crippen molar-refractivity contribution in [1.82, 2.24) is 0 Å². The molecule has 1 nitrogen and oxygen atoms in total. The highest BCUT2D eigenvalue weighted by Gasteiger charge is 2.46. The molecule has 0 bridgehead atoms. The van der Waals surface area contributed by atoms with E-state index in [2.05, 4.69) is 239 Å². The predicted molar refractivity (Wildman–Crippen MR) is 245 cm³/mol. The van der Waals surface area contributed by atoms with E-state index in [1.165, 1.54) is 89.3 Å². The monoisotopic (exact) mass is 745 g/mol. The van der Waals surface area contributed by atoms with Crippen molar-refractivity contribution in [2.75, 3.05) is 4.90 Å². The Balaban J connectivity index is 1.22. The van der Waals surface area contributed by atoms with Crippen molar-refractivity contribution in [3.63, 3.8) is 0 Å². The van der Waals surface area contributed by atoms with Crippen molar-refractivity contribution in [1.29, 1.82) is 0 Å². The summed E-state index contributed by atoms with van der Waals surface area (Å²) in [6.45, 7) is 9.24. The van der Waals surface area contributed by atoms with Crippen LogP contribution in [0.25, 0.3) is 39.5 Å². The normalized spacial score (nSPS) is 14.7. The van der Waals surface area contributed by atoms with Crippen molar-refractivity contribution >= 4 is 17.5 Å². The molecule has 280 valence electrons. The molecule has 10 rings (SSSR count). The molecule has 0 saturated heterocycles. The van der Waals surface area contributed by atoms with Crippen molar-refractivity contribution < 1.29 is 0 Å². The van der Waals surface area contributed by atoms with Gasteiger partial charge in [-0.2, -0.15) is 0 Å². The van der Waals surface area contributed by atoms with E-state index in [4.69, 9.17) is 0 Å². The quantitative estimate of drug-likeness (QED) is 0.150. The minimum absolute atomic E-state index is 0.0386. The van der Waals surface area contributed by atoms with E-state index in [1.54, 1.807) is 0 Å². The number of rotatable bonds is 8. The maximum absolute atomic E-state index is 2.54. The molecule has 2 aliphatic carbocycles. The van der Waals surface area contributed by atoms with Crippen LogP contribution in [0.2, 0.25) is 0 Å². The highest BCUT2D eigenvalue weighted by molar-refractivity contribution is 5.91. The lowest BCUT2D eigenvalue weighted by atomic mass is 9.67. The first-order valence-electron chi connectivity index (χ1n) is 20.6. The molecule has 0 radical (unpaired) electrons. The Morgan fingerprint density at radius 1 is 0.448 bits per heavy atom. The van der Waals surface area contributed by atoms with Gasteiger partial charge in [0.2, 0.25) is 0 Å². The average Bonchev–Trinajstić information content (AvgIpc) is 3.69. The summed E-state index contributed by atoms with van der Waals surface area (Å²) in [5.41, 5.74) is 19.9. The Morgan fingerprint density at radius 3 is 1.72 bits per heavy atom. The number of nitrogens with zero attached hydrogens (tertiary/aromatic N) is 1. The molecule has 0 aromatic heterocycles. The maximum Gasteiger partial charge on any atom is 0.0714 e. The van der Waals surface area contributed by atoms with Gasteiger partial charge in [-0.25, -0.2) is 0 Å². The van der Waals surface area contributed by atoms with Crippen LogP contribution in [-0.2, 0) is 10.8 Å². The van der Waals surface area contributed by atoms with Gasteiger partial charge in [0.25, 0.3) is 0 Å². The molecule has 2 aliphatic rings. The summed E-state index contributed by atoms with van der Waals surface area (Å²) >= 11 is 0. The van der Waals surface area contributed by atoms with Gasteiger partial charge in [-0.1, -0.05) is 190 Å². The molecule has 0 fully saturated rings. The highest BCUT2D eigenvalue weighted by Crippen LogP contribution is 2.58. The van der Waals surface area contributed by atoms with E-state index in [-0.39, 0.29) is 11.5 Å². The van der Waals surface area contributed by atoms with Crippen LogP contribution in [0.4, 0.5) is 11.4 Å². The van der Waals surface area contributed by atoms with E-state index in [0.29, 0.717) is 0 Å². The van der Waals surface area contributed by atoms with Crippen LogP contribution in [0, 0.1) is 6.92 Å². The fraction of sp³-hybridized carbons (Fsp3) is 0.123. The van der Waals surface area contributed by atoms with Gasteiger partial charge in [0.15, 0.2) is 0 Å². The third-order valence-corrected chi connectivity index (χ3v) is 12.9. The van der Waals surface area contributed by atoms with E-state index >= 15 is 0 Å². The minimum Gasteiger partial charge on any atom is -0.335 e. The van der Waals surface area contributed by atoms with Crippen molar-refractivity contribution in [2.24, 2.45) is 0 Å². The number of hydrogen-bond donors (Lipinski definition) is 0. The number of anilines is 2. The van der Waals surface area contributed by atoms with Crippen molar-refractivity contribution in [2.45, 2.75) is 44.6 Å². The number of benzene rings is 8. The average molecular weight is 746 g/mol. The van der Waals surface area contributed by atoms with Gasteiger partial charge in [0.1, 0.15) is 0 Å². The molecular formula is C57H47N. The fourth-order valence-electron chi connectivity index (χ4n) is 10.0. The number of fused-ring (bicyclic) bond motifs is 6. The zero-order chi connectivity index (χ0) is 39.4. The van der Waals surface area contributed by atoms with Gasteiger partial charge in [-0.3, -0.25) is 0 Å². The van der Waals surface area contributed by atoms with Crippen LogP contribution in [0.5, 0.6) is 0 Å². The Morgan fingerprint density at radius 2 is 1.00 bits per heavy atom. The molecule has 1 heteroatoms. The smallest absolute Gasteiger partial charge is 0.0714 e. The Hall–Kier alpha value is -6.70. The Bertz CT molecular complexity index is 2790. The molecular weight excluding hydrogens is 699 g/mol. The van der Waals surface area contributed by atoms with Crippen LogP contribution in [0.3, 0.4) is 0 Å². The van der Waals surface area contributed by atoms with E-state index < -0.39 is 5.41 Å². The summed E-state index contributed by atoms with van der Waals surface area (Å²) in [4.78, 5) is 2.54. The summed E-state index contributed by atoms with van der Waals surface area (Å²) in [6.07, 6.45) is 4.66. The highest BCUT2D eigenvalue weighted by atomic mass is 15.2. The summed E-state index contributed by atoms with van der Waals surface area (Å²) in [5, 5.41) is 0. The Labute approximate surface area is 343 Å². The van der Waals surface area contributed by atoms with Gasteiger partial charge in [-0.15, -0.1) is 0 Å². The predicted octanol–water partition coefficient (Wildman–Crippen LogP) is 14.6. The van der Waals surface area contributed by atoms with Gasteiger partial charge in [-0.05, 0) is 122 Å². The van der Waals surface area contributed by atoms with Crippen LogP contribution in [0.15, 0.2) is 200 Å². The van der Waals surface area contributed by atoms with Crippen LogP contribution in [-0.4, -0.2) is 6.04 Å². The topological polar surface area (TPSA) is 3.24 Å². The fourth-order valence-corrected chi connectivity index (χ4v) is 10.0. The first-order chi connectivity index (χ1) is 28.4. The molecule has 0 spiro atoms. The summed E-state index contributed by atoms with van der Waals surface area (Å²) in [6, 6.07) is 72.2. The lowest BCUT2D eigenvalue weighted by molar-refractivity contribution is 0.660. The molecule has 8 aromatic rings. The van der Waals surface area contributed by atoms with Crippen LogP contribution < -0.4 is 4.90 Å². The van der Waals surface area contributed by atoms with E-state index in [9.17, 15) is 0 Å². The summed E-state index contributed by atoms with van der Waals surface area (Å²) in [5.74, 6) is 0. The second-order valence-corrected chi connectivity index (χ2v) is 16.6. The number of aryl methyl sites for hydroxylation is 1. The van der Waals surface area contributed by atoms with Crippen LogP contribution in [0.1, 0.15) is 65.3 Å². The molecule has 0 amide bonds. The second kappa shape index (κ2) is 14.0. The van der Waals surface area contributed by atoms with Gasteiger partial charge in [0, 0.05) is 22.8 Å².